The smallest absolute Gasteiger partial charge is 0.258 e. The van der Waals surface area contributed by atoms with Crippen LogP contribution in [0, 0.1) is 0 Å². The predicted molar refractivity (Wildman–Crippen MR) is 139 cm³/mol. The zero-order valence-electron chi connectivity index (χ0n) is 17.1. The Hall–Kier alpha value is -1.22. The molecule has 1 aliphatic rings. The summed E-state index contributed by atoms with van der Waals surface area (Å²) in [6.07, 6.45) is 2.32. The molecule has 4 nitrogen and oxygen atoms in total. The quantitative estimate of drug-likeness (QED) is 0.259. The maximum Gasteiger partial charge on any atom is 0.258 e. The third-order valence-corrected chi connectivity index (χ3v) is 8.07. The summed E-state index contributed by atoms with van der Waals surface area (Å²) in [6.45, 7) is 6.04. The predicted octanol–water partition coefficient (Wildman–Crippen LogP) is 6.88. The van der Waals surface area contributed by atoms with E-state index in [0.29, 0.717) is 17.7 Å². The first-order chi connectivity index (χ1) is 14.7. The van der Waals surface area contributed by atoms with Gasteiger partial charge < -0.3 is 10.6 Å². The fraction of sp³-hybridized carbons (Fsp3) is 0.217. The van der Waals surface area contributed by atoms with Gasteiger partial charge >= 0.3 is 0 Å². The van der Waals surface area contributed by atoms with E-state index in [4.69, 9.17) is 0 Å². The van der Waals surface area contributed by atoms with Gasteiger partial charge in [0.2, 0.25) is 6.41 Å². The zero-order valence-corrected chi connectivity index (χ0v) is 23.5. The number of benzene rings is 2. The largest absolute Gasteiger partial charge is 0.327 e. The first-order valence-electron chi connectivity index (χ1n) is 9.67. The number of carbonyl (C=O) groups excluding carboxylic acids is 2. The molecule has 2 aromatic rings. The topological polar surface area (TPSA) is 58.2 Å². The number of amides is 2. The van der Waals surface area contributed by atoms with Crippen LogP contribution in [0.25, 0.3) is 11.4 Å². The van der Waals surface area contributed by atoms with Gasteiger partial charge in [-0.1, -0.05) is 77.6 Å². The standard InChI is InChI=1S/C23H20Br4N2O2/c1-4-14-16(24)6-12(7-17(14)25)21-11(3)20(23(31)29-21)22(28-10-30)13-8-18(26)15(5-2)19(27)9-13/h6-10H,4-5H2,1-3H3,(H,28,30)(H,29,31)/b22-20+. The number of halogens is 4. The second-order valence-corrected chi connectivity index (χ2v) is 10.4. The van der Waals surface area contributed by atoms with E-state index in [1.165, 1.54) is 0 Å². The Morgan fingerprint density at radius 2 is 1.42 bits per heavy atom. The Balaban J connectivity index is 2.22. The van der Waals surface area contributed by atoms with Gasteiger partial charge in [-0.15, -0.1) is 0 Å². The van der Waals surface area contributed by atoms with Crippen molar-refractivity contribution in [1.82, 2.24) is 10.6 Å². The van der Waals surface area contributed by atoms with Crippen molar-refractivity contribution in [2.75, 3.05) is 0 Å². The van der Waals surface area contributed by atoms with Crippen LogP contribution in [0.1, 0.15) is 43.0 Å². The Kier molecular flexibility index (Phi) is 8.00. The third-order valence-electron chi connectivity index (χ3n) is 5.24. The molecule has 2 aromatic carbocycles. The molecule has 0 atom stereocenters. The molecule has 8 heteroatoms. The van der Waals surface area contributed by atoms with Crippen LogP contribution in [0.3, 0.4) is 0 Å². The van der Waals surface area contributed by atoms with Gasteiger partial charge in [0.1, 0.15) is 0 Å². The molecule has 1 heterocycles. The van der Waals surface area contributed by atoms with Gasteiger partial charge in [0.15, 0.2) is 0 Å². The van der Waals surface area contributed by atoms with Crippen molar-refractivity contribution < 1.29 is 9.59 Å². The highest BCUT2D eigenvalue weighted by atomic mass is 79.9. The average molecular weight is 676 g/mol. The molecular weight excluding hydrogens is 656 g/mol. The van der Waals surface area contributed by atoms with Gasteiger partial charge in [-0.05, 0) is 60.7 Å². The van der Waals surface area contributed by atoms with E-state index in [-0.39, 0.29) is 5.91 Å². The summed E-state index contributed by atoms with van der Waals surface area (Å²) < 4.78 is 3.77. The molecule has 0 bridgehead atoms. The fourth-order valence-corrected chi connectivity index (χ4v) is 7.18. The summed E-state index contributed by atoms with van der Waals surface area (Å²) in [5.74, 6) is -0.254. The van der Waals surface area contributed by atoms with Crippen LogP contribution in [0.4, 0.5) is 0 Å². The average Bonchev–Trinajstić information content (AvgIpc) is 2.99. The molecule has 2 N–H and O–H groups in total. The number of nitrogens with one attached hydrogen (secondary N) is 2. The summed E-state index contributed by atoms with van der Waals surface area (Å²) >= 11 is 14.5. The first-order valence-corrected chi connectivity index (χ1v) is 12.8. The molecular formula is C23H20Br4N2O2. The summed E-state index contributed by atoms with van der Waals surface area (Å²) in [5, 5.41) is 5.73. The minimum absolute atomic E-state index is 0.254. The second kappa shape index (κ2) is 10.1. The summed E-state index contributed by atoms with van der Waals surface area (Å²) in [4.78, 5) is 24.5. The molecule has 162 valence electrons. The van der Waals surface area contributed by atoms with E-state index in [2.05, 4.69) is 88.2 Å². The minimum Gasteiger partial charge on any atom is -0.327 e. The highest BCUT2D eigenvalue weighted by Gasteiger charge is 2.30. The van der Waals surface area contributed by atoms with Crippen LogP contribution in [0.2, 0.25) is 0 Å². The Bertz CT molecular complexity index is 1110. The van der Waals surface area contributed by atoms with Crippen LogP contribution in [0.5, 0.6) is 0 Å². The van der Waals surface area contributed by atoms with Gasteiger partial charge in [0.05, 0.1) is 17.0 Å². The van der Waals surface area contributed by atoms with Crippen molar-refractivity contribution in [2.45, 2.75) is 33.6 Å². The van der Waals surface area contributed by atoms with Crippen molar-refractivity contribution in [1.29, 1.82) is 0 Å². The molecule has 0 aliphatic carbocycles. The maximum atomic E-state index is 13.0. The van der Waals surface area contributed by atoms with Crippen LogP contribution >= 0.6 is 63.7 Å². The van der Waals surface area contributed by atoms with Gasteiger partial charge in [-0.3, -0.25) is 9.59 Å². The van der Waals surface area contributed by atoms with E-state index in [1.54, 1.807) is 0 Å². The minimum atomic E-state index is -0.254. The molecule has 3 rings (SSSR count). The second-order valence-electron chi connectivity index (χ2n) is 7.01. The van der Waals surface area contributed by atoms with Crippen LogP contribution in [0.15, 0.2) is 53.3 Å². The summed E-state index contributed by atoms with van der Waals surface area (Å²) in [7, 11) is 0. The van der Waals surface area contributed by atoms with Gasteiger partial charge in [0, 0.05) is 29.0 Å². The lowest BCUT2D eigenvalue weighted by molar-refractivity contribution is -0.115. The zero-order chi connectivity index (χ0) is 22.9. The highest BCUT2D eigenvalue weighted by Crippen LogP contribution is 2.37. The van der Waals surface area contributed by atoms with Crippen LogP contribution in [-0.2, 0) is 22.4 Å². The molecule has 1 aliphatic heterocycles. The Labute approximate surface area is 215 Å². The van der Waals surface area contributed by atoms with Crippen molar-refractivity contribution >= 4 is 87.4 Å². The van der Waals surface area contributed by atoms with E-state index < -0.39 is 0 Å². The lowest BCUT2D eigenvalue weighted by atomic mass is 9.98. The number of hydrogen-bond acceptors (Lipinski definition) is 2. The molecule has 2 amide bonds. The van der Waals surface area contributed by atoms with Crippen LogP contribution < -0.4 is 10.6 Å². The normalized spacial score (nSPS) is 15.3. The van der Waals surface area contributed by atoms with Gasteiger partial charge in [0.25, 0.3) is 5.91 Å². The molecule has 0 aromatic heterocycles. The molecule has 0 saturated carbocycles. The van der Waals surface area contributed by atoms with Crippen molar-refractivity contribution in [3.8, 4) is 0 Å². The molecule has 0 unspecified atom stereocenters. The van der Waals surface area contributed by atoms with Crippen molar-refractivity contribution in [3.63, 3.8) is 0 Å². The van der Waals surface area contributed by atoms with E-state index >= 15 is 0 Å². The number of rotatable bonds is 6. The lowest BCUT2D eigenvalue weighted by Gasteiger charge is -2.14. The monoisotopic (exact) mass is 672 g/mol. The highest BCUT2D eigenvalue weighted by molar-refractivity contribution is 9.11. The number of hydrogen-bond donors (Lipinski definition) is 2. The fourth-order valence-electron chi connectivity index (χ4n) is 3.68. The molecule has 0 fully saturated rings. The number of carbonyl (C=O) groups is 2. The Morgan fingerprint density at radius 1 is 0.935 bits per heavy atom. The summed E-state index contributed by atoms with van der Waals surface area (Å²) in [5.41, 5.74) is 6.29. The molecule has 0 radical (unpaired) electrons. The first kappa shape index (κ1) is 24.4. The van der Waals surface area contributed by atoms with Crippen molar-refractivity contribution in [3.05, 3.63) is 75.6 Å². The van der Waals surface area contributed by atoms with E-state index in [9.17, 15) is 9.59 Å². The molecule has 31 heavy (non-hydrogen) atoms. The van der Waals surface area contributed by atoms with E-state index in [1.807, 2.05) is 31.2 Å². The van der Waals surface area contributed by atoms with E-state index in [0.717, 1.165) is 64.3 Å². The molecule has 0 saturated heterocycles. The SMILES string of the molecule is CCc1c(Br)cc(C2=C(C)/C(=C(\NC=O)c3cc(Br)c(CC)c(Br)c3)C(=O)N2)cc1Br. The van der Waals surface area contributed by atoms with Crippen LogP contribution in [-0.4, -0.2) is 12.3 Å². The van der Waals surface area contributed by atoms with Gasteiger partial charge in [-0.25, -0.2) is 0 Å². The van der Waals surface area contributed by atoms with Gasteiger partial charge in [-0.2, -0.15) is 0 Å². The third kappa shape index (κ3) is 4.77. The van der Waals surface area contributed by atoms with Crippen molar-refractivity contribution in [2.24, 2.45) is 0 Å². The maximum absolute atomic E-state index is 13.0. The molecule has 0 spiro atoms. The lowest BCUT2D eigenvalue weighted by Crippen LogP contribution is -2.20. The Morgan fingerprint density at radius 3 is 1.87 bits per heavy atom. The summed E-state index contributed by atoms with van der Waals surface area (Å²) in [6, 6.07) is 7.85.